The maximum Gasteiger partial charge on any atom is 0.306 e. The number of esters is 3. The maximum atomic E-state index is 12.7. The van der Waals surface area contributed by atoms with Gasteiger partial charge in [-0.2, -0.15) is 0 Å². The van der Waals surface area contributed by atoms with Crippen molar-refractivity contribution in [3.63, 3.8) is 0 Å². The zero-order valence-corrected chi connectivity index (χ0v) is 39.5. The first-order valence-corrected chi connectivity index (χ1v) is 25.9. The molecule has 0 aliphatic carbocycles. The molecule has 344 valence electrons. The van der Waals surface area contributed by atoms with Crippen molar-refractivity contribution < 1.29 is 28.6 Å². The highest BCUT2D eigenvalue weighted by Gasteiger charge is 2.19. The van der Waals surface area contributed by atoms with Crippen molar-refractivity contribution in [2.75, 3.05) is 13.2 Å². The Balaban J connectivity index is 4.12. The largest absolute Gasteiger partial charge is 0.462 e. The molecule has 6 heteroatoms. The molecule has 0 unspecified atom stereocenters. The fourth-order valence-corrected chi connectivity index (χ4v) is 7.86. The molecule has 0 aromatic rings. The van der Waals surface area contributed by atoms with Gasteiger partial charge in [-0.3, -0.25) is 14.4 Å². The van der Waals surface area contributed by atoms with Crippen LogP contribution in [0.2, 0.25) is 0 Å². The van der Waals surface area contributed by atoms with Crippen LogP contribution < -0.4 is 0 Å². The fourth-order valence-electron chi connectivity index (χ4n) is 7.86. The lowest BCUT2D eigenvalue weighted by Gasteiger charge is -2.18. The summed E-state index contributed by atoms with van der Waals surface area (Å²) in [7, 11) is 0. The minimum absolute atomic E-state index is 0.0631. The third-order valence-electron chi connectivity index (χ3n) is 11.8. The summed E-state index contributed by atoms with van der Waals surface area (Å²) in [6.45, 7) is 9.00. The average Bonchev–Trinajstić information content (AvgIpc) is 3.21. The van der Waals surface area contributed by atoms with Crippen LogP contribution in [-0.2, 0) is 28.6 Å². The van der Waals surface area contributed by atoms with Gasteiger partial charge in [0.15, 0.2) is 6.10 Å². The van der Waals surface area contributed by atoms with Crippen LogP contribution in [0.3, 0.4) is 0 Å². The summed E-state index contributed by atoms with van der Waals surface area (Å²) >= 11 is 0. The first-order valence-electron chi connectivity index (χ1n) is 25.9. The number of rotatable bonds is 47. The minimum Gasteiger partial charge on any atom is -0.462 e. The van der Waals surface area contributed by atoms with Crippen LogP contribution in [0.4, 0.5) is 0 Å². The van der Waals surface area contributed by atoms with Crippen LogP contribution in [0.25, 0.3) is 0 Å². The minimum atomic E-state index is -0.758. The number of hydrogen-bond acceptors (Lipinski definition) is 6. The summed E-state index contributed by atoms with van der Waals surface area (Å²) in [6.07, 6.45) is 48.2. The molecule has 0 saturated heterocycles. The highest BCUT2D eigenvalue weighted by molar-refractivity contribution is 5.71. The van der Waals surface area contributed by atoms with Gasteiger partial charge >= 0.3 is 17.9 Å². The molecule has 0 bridgehead atoms. The monoisotopic (exact) mass is 821 g/mol. The maximum absolute atomic E-state index is 12.7. The summed E-state index contributed by atoms with van der Waals surface area (Å²) in [5.41, 5.74) is 0. The summed E-state index contributed by atoms with van der Waals surface area (Å²) in [5.74, 6) is 0.00694. The van der Waals surface area contributed by atoms with E-state index in [1.807, 2.05) is 0 Å². The van der Waals surface area contributed by atoms with E-state index in [1.54, 1.807) is 0 Å². The van der Waals surface area contributed by atoms with E-state index in [4.69, 9.17) is 14.2 Å². The molecule has 0 fully saturated rings. The van der Waals surface area contributed by atoms with Gasteiger partial charge in [-0.15, -0.1) is 0 Å². The summed E-state index contributed by atoms with van der Waals surface area (Å²) in [6, 6.07) is 0. The quantitative estimate of drug-likeness (QED) is 0.0346. The fraction of sp³-hybridized carbons (Fsp3) is 0.942. The van der Waals surface area contributed by atoms with Gasteiger partial charge in [0.2, 0.25) is 0 Å². The zero-order valence-electron chi connectivity index (χ0n) is 39.5. The Bertz CT molecular complexity index is 872. The van der Waals surface area contributed by atoms with E-state index in [0.717, 1.165) is 63.7 Å². The molecular weight excluding hydrogens is 721 g/mol. The number of carbonyl (C=O) groups excluding carboxylic acids is 3. The van der Waals surface area contributed by atoms with Gasteiger partial charge in [0.25, 0.3) is 0 Å². The zero-order chi connectivity index (χ0) is 42.4. The average molecular weight is 821 g/mol. The second kappa shape index (κ2) is 46.5. The lowest BCUT2D eigenvalue weighted by Crippen LogP contribution is -2.30. The number of unbranched alkanes of at least 4 members (excludes halogenated alkanes) is 34. The van der Waals surface area contributed by atoms with Crippen LogP contribution in [0.1, 0.15) is 291 Å². The summed E-state index contributed by atoms with van der Waals surface area (Å²) in [5, 5.41) is 0. The Hall–Kier alpha value is -1.59. The number of carbonyl (C=O) groups is 3. The van der Waals surface area contributed by atoms with Crippen LogP contribution >= 0.6 is 0 Å². The van der Waals surface area contributed by atoms with Gasteiger partial charge in [-0.05, 0) is 25.2 Å². The molecule has 0 rings (SSSR count). The highest BCUT2D eigenvalue weighted by atomic mass is 16.6. The van der Waals surface area contributed by atoms with Crippen LogP contribution in [0.15, 0.2) is 0 Å². The predicted octanol–water partition coefficient (Wildman–Crippen LogP) is 16.7. The first kappa shape index (κ1) is 56.4. The molecule has 58 heavy (non-hydrogen) atoms. The molecule has 0 radical (unpaired) electrons. The molecule has 0 saturated carbocycles. The van der Waals surface area contributed by atoms with Crippen molar-refractivity contribution in [3.05, 3.63) is 0 Å². The molecule has 0 heterocycles. The van der Waals surface area contributed by atoms with Gasteiger partial charge in [0.1, 0.15) is 13.2 Å². The topological polar surface area (TPSA) is 78.9 Å². The Morgan fingerprint density at radius 2 is 0.569 bits per heavy atom. The third kappa shape index (κ3) is 45.5. The van der Waals surface area contributed by atoms with Gasteiger partial charge < -0.3 is 14.2 Å². The van der Waals surface area contributed by atoms with E-state index in [-0.39, 0.29) is 31.1 Å². The molecule has 0 amide bonds. The molecule has 0 aliphatic heterocycles. The van der Waals surface area contributed by atoms with E-state index in [0.29, 0.717) is 19.3 Å². The van der Waals surface area contributed by atoms with Gasteiger partial charge in [-0.1, -0.05) is 252 Å². The second-order valence-electron chi connectivity index (χ2n) is 18.3. The van der Waals surface area contributed by atoms with E-state index in [2.05, 4.69) is 27.7 Å². The Morgan fingerprint density at radius 3 is 0.845 bits per heavy atom. The Labute approximate surface area is 361 Å². The lowest BCUT2D eigenvalue weighted by atomic mass is 10.0. The normalized spacial score (nSPS) is 11.9. The van der Waals surface area contributed by atoms with Crippen LogP contribution in [0.5, 0.6) is 0 Å². The standard InChI is InChI=1S/C52H100O6/c1-5-7-9-11-13-14-15-25-29-33-37-41-45-52(55)58-49(46-56-50(53)43-39-35-30-12-10-8-6-2)47-57-51(54)44-40-36-32-28-26-23-21-19-17-16-18-20-22-24-27-31-34-38-42-48(3)4/h48-49H,5-47H2,1-4H3/t49-/m1/s1. The van der Waals surface area contributed by atoms with Crippen molar-refractivity contribution in [3.8, 4) is 0 Å². The van der Waals surface area contributed by atoms with E-state index < -0.39 is 6.10 Å². The van der Waals surface area contributed by atoms with E-state index >= 15 is 0 Å². The molecule has 1 atom stereocenters. The second-order valence-corrected chi connectivity index (χ2v) is 18.3. The molecular formula is C52H100O6. The van der Waals surface area contributed by atoms with Crippen molar-refractivity contribution in [1.29, 1.82) is 0 Å². The van der Waals surface area contributed by atoms with Gasteiger partial charge in [-0.25, -0.2) is 0 Å². The van der Waals surface area contributed by atoms with Crippen molar-refractivity contribution in [2.45, 2.75) is 297 Å². The van der Waals surface area contributed by atoms with Crippen molar-refractivity contribution in [1.82, 2.24) is 0 Å². The number of hydrogen-bond donors (Lipinski definition) is 0. The highest BCUT2D eigenvalue weighted by Crippen LogP contribution is 2.17. The van der Waals surface area contributed by atoms with E-state index in [1.165, 1.54) is 186 Å². The molecule has 0 aliphatic rings. The Kier molecular flexibility index (Phi) is 45.2. The summed E-state index contributed by atoms with van der Waals surface area (Å²) in [4.78, 5) is 37.7. The molecule has 6 nitrogen and oxygen atoms in total. The Morgan fingerprint density at radius 1 is 0.328 bits per heavy atom. The van der Waals surface area contributed by atoms with Crippen molar-refractivity contribution >= 4 is 17.9 Å². The smallest absolute Gasteiger partial charge is 0.306 e. The molecule has 0 aromatic carbocycles. The lowest BCUT2D eigenvalue weighted by molar-refractivity contribution is -0.167. The molecule has 0 aromatic heterocycles. The van der Waals surface area contributed by atoms with Crippen molar-refractivity contribution in [2.24, 2.45) is 5.92 Å². The predicted molar refractivity (Wildman–Crippen MR) is 247 cm³/mol. The molecule has 0 N–H and O–H groups in total. The first-order chi connectivity index (χ1) is 28.4. The molecule has 0 spiro atoms. The summed E-state index contributed by atoms with van der Waals surface area (Å²) < 4.78 is 16.7. The number of ether oxygens (including phenoxy) is 3. The third-order valence-corrected chi connectivity index (χ3v) is 11.8. The van der Waals surface area contributed by atoms with E-state index in [9.17, 15) is 14.4 Å². The van der Waals surface area contributed by atoms with Gasteiger partial charge in [0.05, 0.1) is 0 Å². The van der Waals surface area contributed by atoms with Crippen LogP contribution in [0, 0.1) is 5.92 Å². The van der Waals surface area contributed by atoms with Crippen LogP contribution in [-0.4, -0.2) is 37.2 Å². The SMILES string of the molecule is CCCCCCCCCCCCCCC(=O)O[C@H](COC(=O)CCCCCCCCC)COC(=O)CCCCCCCCCCCCCCCCCCCCC(C)C. The van der Waals surface area contributed by atoms with Gasteiger partial charge in [0, 0.05) is 19.3 Å².